The molecular weight excluding hydrogens is 264 g/mol. The molecule has 0 saturated carbocycles. The zero-order valence-corrected chi connectivity index (χ0v) is 12.4. The maximum atomic E-state index is 11.5. The molecule has 0 saturated heterocycles. The predicted molar refractivity (Wildman–Crippen MR) is 73.3 cm³/mol. The highest BCUT2D eigenvalue weighted by molar-refractivity contribution is 5.80. The van der Waals surface area contributed by atoms with Crippen LogP contribution in [0.3, 0.4) is 0 Å². The highest BCUT2D eigenvalue weighted by Crippen LogP contribution is 2.14. The first-order chi connectivity index (χ1) is 9.18. The zero-order chi connectivity index (χ0) is 15.9. The normalized spacial score (nSPS) is 14.1. The van der Waals surface area contributed by atoms with Gasteiger partial charge in [-0.05, 0) is 12.3 Å². The van der Waals surface area contributed by atoms with Crippen LogP contribution in [0.2, 0.25) is 0 Å². The molecule has 20 heavy (non-hydrogen) atoms. The van der Waals surface area contributed by atoms with E-state index in [1.807, 2.05) is 13.8 Å². The number of aliphatic carboxylic acids is 2. The molecule has 0 aromatic rings. The van der Waals surface area contributed by atoms with E-state index in [4.69, 9.17) is 5.11 Å². The van der Waals surface area contributed by atoms with E-state index in [0.717, 1.165) is 0 Å². The maximum Gasteiger partial charge on any atom is 0.320 e. The second-order valence-corrected chi connectivity index (χ2v) is 5.33. The molecule has 7 heteroatoms. The van der Waals surface area contributed by atoms with Gasteiger partial charge in [-0.1, -0.05) is 20.8 Å². The van der Waals surface area contributed by atoms with Crippen molar-refractivity contribution in [2.45, 2.75) is 33.2 Å². The molecule has 0 radical (unpaired) electrons. The molecule has 1 amide bonds. The lowest BCUT2D eigenvalue weighted by Gasteiger charge is -2.30. The maximum absolute atomic E-state index is 11.5. The molecule has 0 aliphatic carbocycles. The highest BCUT2D eigenvalue weighted by Gasteiger charge is 2.30. The van der Waals surface area contributed by atoms with Crippen LogP contribution in [0.25, 0.3) is 0 Å². The van der Waals surface area contributed by atoms with Gasteiger partial charge in [-0.2, -0.15) is 0 Å². The summed E-state index contributed by atoms with van der Waals surface area (Å²) in [5.41, 5.74) is 0. The van der Waals surface area contributed by atoms with Gasteiger partial charge in [0.1, 0.15) is 6.04 Å². The summed E-state index contributed by atoms with van der Waals surface area (Å²) in [4.78, 5) is 35.2. The molecule has 0 bridgehead atoms. The second-order valence-electron chi connectivity index (χ2n) is 5.33. The van der Waals surface area contributed by atoms with Crippen LogP contribution in [0.1, 0.15) is 27.2 Å². The van der Waals surface area contributed by atoms with Crippen LogP contribution in [-0.4, -0.2) is 59.1 Å². The number of carboxylic acids is 2. The third-order valence-electron chi connectivity index (χ3n) is 2.98. The molecule has 0 heterocycles. The quantitative estimate of drug-likeness (QED) is 0.561. The van der Waals surface area contributed by atoms with Crippen molar-refractivity contribution in [2.24, 2.45) is 11.8 Å². The molecule has 0 rings (SSSR count). The van der Waals surface area contributed by atoms with E-state index in [0.29, 0.717) is 6.42 Å². The minimum atomic E-state index is -1.04. The molecular formula is C13H24N2O5. The van der Waals surface area contributed by atoms with Crippen molar-refractivity contribution in [2.75, 3.05) is 20.1 Å². The van der Waals surface area contributed by atoms with Crippen LogP contribution in [0.5, 0.6) is 0 Å². The van der Waals surface area contributed by atoms with Gasteiger partial charge in [-0.3, -0.25) is 19.3 Å². The van der Waals surface area contributed by atoms with Crippen molar-refractivity contribution in [1.82, 2.24) is 10.2 Å². The van der Waals surface area contributed by atoms with E-state index in [1.165, 1.54) is 18.9 Å². The number of nitrogens with zero attached hydrogens (tertiary/aromatic N) is 1. The Labute approximate surface area is 119 Å². The van der Waals surface area contributed by atoms with Crippen molar-refractivity contribution < 1.29 is 24.6 Å². The van der Waals surface area contributed by atoms with Gasteiger partial charge >= 0.3 is 11.9 Å². The lowest BCUT2D eigenvalue weighted by Crippen LogP contribution is -2.49. The fraction of sp³-hybridized carbons (Fsp3) is 0.769. The Bertz CT molecular complexity index is 357. The van der Waals surface area contributed by atoms with Crippen LogP contribution in [0, 0.1) is 11.8 Å². The molecule has 7 nitrogen and oxygen atoms in total. The topological polar surface area (TPSA) is 107 Å². The summed E-state index contributed by atoms with van der Waals surface area (Å²) in [7, 11) is 1.46. The number of rotatable bonds is 9. The number of nitrogens with one attached hydrogen (secondary N) is 1. The summed E-state index contributed by atoms with van der Waals surface area (Å²) < 4.78 is 0. The minimum absolute atomic E-state index is 0.0203. The molecule has 0 aliphatic rings. The third-order valence-corrected chi connectivity index (χ3v) is 2.98. The van der Waals surface area contributed by atoms with Gasteiger partial charge < -0.3 is 15.5 Å². The van der Waals surface area contributed by atoms with Crippen molar-refractivity contribution in [1.29, 1.82) is 0 Å². The number of carbonyl (C=O) groups excluding carboxylic acids is 1. The summed E-state index contributed by atoms with van der Waals surface area (Å²) in [5, 5.41) is 20.7. The first kappa shape index (κ1) is 18.4. The smallest absolute Gasteiger partial charge is 0.320 e. The Morgan fingerprint density at radius 2 is 1.65 bits per heavy atom. The van der Waals surface area contributed by atoms with E-state index in [9.17, 15) is 19.5 Å². The van der Waals surface area contributed by atoms with Gasteiger partial charge in [0.25, 0.3) is 0 Å². The molecule has 0 spiro atoms. The van der Waals surface area contributed by atoms with E-state index < -0.39 is 23.9 Å². The Morgan fingerprint density at radius 1 is 1.10 bits per heavy atom. The van der Waals surface area contributed by atoms with E-state index in [1.54, 1.807) is 0 Å². The first-order valence-electron chi connectivity index (χ1n) is 6.59. The summed E-state index contributed by atoms with van der Waals surface area (Å²) in [5.74, 6) is -3.00. The average molecular weight is 288 g/mol. The Morgan fingerprint density at radius 3 is 2.00 bits per heavy atom. The number of hydrogen-bond donors (Lipinski definition) is 3. The number of likely N-dealkylation sites (N-methyl/N-ethyl adjacent to an activating group) is 1. The number of carbonyl (C=O) groups is 3. The average Bonchev–Trinajstić information content (AvgIpc) is 2.34. The molecule has 116 valence electrons. The van der Waals surface area contributed by atoms with Crippen molar-refractivity contribution in [3.63, 3.8) is 0 Å². The molecule has 2 atom stereocenters. The standard InChI is InChI=1S/C13H24N2O5/c1-8(2)5-10(13(19)20)15(7-11(16)14-4)6-9(3)12(17)18/h8-10H,5-7H2,1-4H3,(H,14,16)(H,17,18)(H,19,20). The Balaban J connectivity index is 5.07. The Hall–Kier alpha value is -1.63. The number of amides is 1. The van der Waals surface area contributed by atoms with Gasteiger partial charge in [-0.25, -0.2) is 0 Å². The largest absolute Gasteiger partial charge is 0.481 e. The van der Waals surface area contributed by atoms with Gasteiger partial charge in [-0.15, -0.1) is 0 Å². The van der Waals surface area contributed by atoms with Gasteiger partial charge in [0.15, 0.2) is 0 Å². The SMILES string of the molecule is CNC(=O)CN(CC(C)C(=O)O)C(CC(C)C)C(=O)O. The lowest BCUT2D eigenvalue weighted by atomic mass is 10.0. The fourth-order valence-corrected chi connectivity index (χ4v) is 1.85. The third kappa shape index (κ3) is 6.51. The monoisotopic (exact) mass is 288 g/mol. The van der Waals surface area contributed by atoms with Crippen molar-refractivity contribution >= 4 is 17.8 Å². The second kappa shape index (κ2) is 8.52. The lowest BCUT2D eigenvalue weighted by molar-refractivity contribution is -0.148. The zero-order valence-electron chi connectivity index (χ0n) is 12.4. The highest BCUT2D eigenvalue weighted by atomic mass is 16.4. The molecule has 0 aromatic carbocycles. The Kier molecular flexibility index (Phi) is 7.83. The predicted octanol–water partition coefficient (Wildman–Crippen LogP) is 0.254. The van der Waals surface area contributed by atoms with Crippen LogP contribution in [-0.2, 0) is 14.4 Å². The number of carboxylic acid groups (broad SMARTS) is 2. The van der Waals surface area contributed by atoms with Crippen molar-refractivity contribution in [3.8, 4) is 0 Å². The summed E-state index contributed by atoms with van der Waals surface area (Å²) in [6.07, 6.45) is 0.360. The van der Waals surface area contributed by atoms with Crippen LogP contribution in [0.4, 0.5) is 0 Å². The van der Waals surface area contributed by atoms with Crippen LogP contribution >= 0.6 is 0 Å². The molecule has 3 N–H and O–H groups in total. The first-order valence-corrected chi connectivity index (χ1v) is 6.59. The number of hydrogen-bond acceptors (Lipinski definition) is 4. The van der Waals surface area contributed by atoms with E-state index in [-0.39, 0.29) is 24.9 Å². The van der Waals surface area contributed by atoms with Crippen molar-refractivity contribution in [3.05, 3.63) is 0 Å². The molecule has 0 fully saturated rings. The summed E-state index contributed by atoms with van der Waals surface area (Å²) in [6, 6.07) is -0.867. The fourth-order valence-electron chi connectivity index (χ4n) is 1.85. The summed E-state index contributed by atoms with van der Waals surface area (Å²) >= 11 is 0. The van der Waals surface area contributed by atoms with E-state index >= 15 is 0 Å². The molecule has 2 unspecified atom stereocenters. The summed E-state index contributed by atoms with van der Waals surface area (Å²) in [6.45, 7) is 5.15. The van der Waals surface area contributed by atoms with E-state index in [2.05, 4.69) is 5.32 Å². The van der Waals surface area contributed by atoms with Gasteiger partial charge in [0.05, 0.1) is 12.5 Å². The minimum Gasteiger partial charge on any atom is -0.481 e. The van der Waals surface area contributed by atoms with Gasteiger partial charge in [0.2, 0.25) is 5.91 Å². The van der Waals surface area contributed by atoms with Crippen LogP contribution < -0.4 is 5.32 Å². The molecule has 0 aromatic heterocycles. The van der Waals surface area contributed by atoms with Gasteiger partial charge in [0, 0.05) is 13.6 Å². The van der Waals surface area contributed by atoms with Crippen LogP contribution in [0.15, 0.2) is 0 Å². The molecule has 0 aliphatic heterocycles.